The third-order valence-corrected chi connectivity index (χ3v) is 13.4. The predicted molar refractivity (Wildman–Crippen MR) is 234 cm³/mol. The van der Waals surface area contributed by atoms with Crippen molar-refractivity contribution in [1.82, 2.24) is 16.0 Å². The molecule has 0 aromatic carbocycles. The zero-order chi connectivity index (χ0) is 56.9. The van der Waals surface area contributed by atoms with Crippen LogP contribution in [0.15, 0.2) is 0 Å². The van der Waals surface area contributed by atoms with Crippen LogP contribution in [0.2, 0.25) is 0 Å². The molecule has 0 spiro atoms. The van der Waals surface area contributed by atoms with E-state index in [1.165, 1.54) is 0 Å². The van der Waals surface area contributed by atoms with Gasteiger partial charge in [-0.25, -0.2) is 9.59 Å². The average molecular weight is 1110 g/mol. The van der Waals surface area contributed by atoms with Gasteiger partial charge >= 0.3 is 11.9 Å². The monoisotopic (exact) mass is 1110 g/mol. The Kier molecular flexibility index (Phi) is 22.1. The van der Waals surface area contributed by atoms with E-state index in [1.807, 2.05) is 0 Å². The summed E-state index contributed by atoms with van der Waals surface area (Å²) < 4.78 is 51.8. The Labute approximate surface area is 430 Å². The number of aliphatic carboxylic acids is 2. The standard InChI is InChI=1S/C42H69N3O31/c1-12(51)43-15-4-16(54)20(8-47)69-37(15)72-32-23(11-50)70-38(71-31-22(10-49)68-36(63)29(61)28(31)60)30(62)35(32)76-42(40(66)67)6-18(56)25(45-14(3)53)34(75-42)27(59)21(9-48)73-41(39(64)65)5-17(55)24(44-13(2)52)33(74-41)26(58)19(57)7-46/h15-38,46-50,54-63H,4-11H2,1-3H3,(H,43,51)(H,44,52)(H,45,53)(H,64,65)(H,66,67)/t15-,16-,17+,18+,19-,20-,21-,22-,23-,24-,25-,26-,27-,28-,29-,30-,31-,32+,33-,34-,35-,36-,37+,38+,41-,42+/m1/s1. The molecule has 26 atom stereocenters. The van der Waals surface area contributed by atoms with Gasteiger partial charge in [0.15, 0.2) is 18.9 Å². The first-order chi connectivity index (χ1) is 35.6. The van der Waals surface area contributed by atoms with E-state index in [9.17, 15) is 111 Å². The van der Waals surface area contributed by atoms with Crippen LogP contribution in [0, 0.1) is 0 Å². The van der Waals surface area contributed by atoms with E-state index in [4.69, 9.17) is 42.6 Å². The van der Waals surface area contributed by atoms with Crippen molar-refractivity contribution in [2.45, 2.75) is 198 Å². The molecule has 438 valence electrons. The van der Waals surface area contributed by atoms with E-state index in [2.05, 4.69) is 16.0 Å². The fourth-order valence-corrected chi connectivity index (χ4v) is 9.62. The van der Waals surface area contributed by atoms with Gasteiger partial charge < -0.3 is 145 Å². The Hall–Kier alpha value is -3.61. The number of nitrogens with one attached hydrogen (secondary N) is 3. The number of carboxylic acid groups (broad SMARTS) is 2. The van der Waals surface area contributed by atoms with Gasteiger partial charge in [-0.15, -0.1) is 0 Å². The highest BCUT2D eigenvalue weighted by Gasteiger charge is 2.63. The van der Waals surface area contributed by atoms with Crippen molar-refractivity contribution >= 4 is 29.7 Å². The van der Waals surface area contributed by atoms with Gasteiger partial charge in [-0.05, 0) is 0 Å². The molecule has 5 heterocycles. The zero-order valence-electron chi connectivity index (χ0n) is 40.8. The van der Waals surface area contributed by atoms with Gasteiger partial charge in [-0.2, -0.15) is 0 Å². The van der Waals surface area contributed by atoms with E-state index in [0.717, 1.165) is 20.8 Å². The van der Waals surface area contributed by atoms with E-state index in [0.29, 0.717) is 0 Å². The van der Waals surface area contributed by atoms with Gasteiger partial charge in [0.25, 0.3) is 11.6 Å². The summed E-state index contributed by atoms with van der Waals surface area (Å²) in [5.74, 6) is -13.7. The number of aliphatic hydroxyl groups is 15. The first-order valence-corrected chi connectivity index (χ1v) is 23.7. The molecule has 34 nitrogen and oxygen atoms in total. The molecular weight excluding hydrogens is 1040 g/mol. The quantitative estimate of drug-likeness (QED) is 0.0479. The number of carbonyl (C=O) groups excluding carboxylic acids is 3. The van der Waals surface area contributed by atoms with Gasteiger partial charge in [-0.3, -0.25) is 14.4 Å². The summed E-state index contributed by atoms with van der Waals surface area (Å²) in [6.07, 6.45) is -47.2. The largest absolute Gasteiger partial charge is 0.477 e. The molecule has 0 aliphatic carbocycles. The van der Waals surface area contributed by atoms with E-state index in [1.54, 1.807) is 0 Å². The molecule has 0 bridgehead atoms. The minimum Gasteiger partial charge on any atom is -0.477 e. The molecule has 0 aromatic rings. The van der Waals surface area contributed by atoms with Crippen LogP contribution >= 0.6 is 0 Å². The fourth-order valence-electron chi connectivity index (χ4n) is 9.62. The number of ether oxygens (including phenoxy) is 9. The smallest absolute Gasteiger partial charge is 0.364 e. The molecule has 5 saturated heterocycles. The normalized spacial score (nSPS) is 42.7. The van der Waals surface area contributed by atoms with Gasteiger partial charge in [0, 0.05) is 40.0 Å². The lowest BCUT2D eigenvalue weighted by molar-refractivity contribution is -0.399. The summed E-state index contributed by atoms with van der Waals surface area (Å²) >= 11 is 0. The summed E-state index contributed by atoms with van der Waals surface area (Å²) in [5.41, 5.74) is 0. The topological polar surface area (TPSA) is 548 Å². The summed E-state index contributed by atoms with van der Waals surface area (Å²) in [4.78, 5) is 63.8. The third-order valence-electron chi connectivity index (χ3n) is 13.4. The van der Waals surface area contributed by atoms with Gasteiger partial charge in [-0.1, -0.05) is 0 Å². The lowest BCUT2D eigenvalue weighted by Gasteiger charge is -2.52. The molecule has 0 saturated carbocycles. The van der Waals surface area contributed by atoms with Crippen LogP contribution in [0.3, 0.4) is 0 Å². The molecular formula is C42H69N3O31. The Morgan fingerprint density at radius 2 is 1.05 bits per heavy atom. The number of aliphatic hydroxyl groups excluding tert-OH is 15. The second kappa shape index (κ2) is 26.6. The Morgan fingerprint density at radius 1 is 0.566 bits per heavy atom. The molecule has 5 aliphatic rings. The maximum atomic E-state index is 13.7. The van der Waals surface area contributed by atoms with Gasteiger partial charge in [0.05, 0.1) is 69.5 Å². The molecule has 3 amide bonds. The third kappa shape index (κ3) is 13.9. The Balaban J connectivity index is 1.60. The number of hydrogen-bond acceptors (Lipinski definition) is 29. The molecule has 0 radical (unpaired) electrons. The number of rotatable bonds is 22. The highest BCUT2D eigenvalue weighted by atomic mass is 16.8. The number of carboxylic acids is 2. The van der Waals surface area contributed by atoms with Crippen molar-refractivity contribution in [3.8, 4) is 0 Å². The molecule has 5 aliphatic heterocycles. The van der Waals surface area contributed by atoms with E-state index in [-0.39, 0.29) is 6.42 Å². The zero-order valence-corrected chi connectivity index (χ0v) is 40.8. The van der Waals surface area contributed by atoms with Gasteiger partial charge in [0.2, 0.25) is 17.7 Å². The molecule has 34 heteroatoms. The Morgan fingerprint density at radius 3 is 1.55 bits per heavy atom. The summed E-state index contributed by atoms with van der Waals surface area (Å²) in [5, 5.41) is 190. The van der Waals surface area contributed by atoms with Crippen LogP contribution < -0.4 is 16.0 Å². The van der Waals surface area contributed by atoms with Crippen molar-refractivity contribution < 1.29 is 153 Å². The maximum absolute atomic E-state index is 13.7. The number of carbonyl (C=O) groups is 5. The van der Waals surface area contributed by atoms with Crippen LogP contribution in [0.1, 0.15) is 40.0 Å². The molecule has 20 N–H and O–H groups in total. The first kappa shape index (κ1) is 63.2. The minimum absolute atomic E-state index is 0.385. The van der Waals surface area contributed by atoms with Crippen molar-refractivity contribution in [2.24, 2.45) is 0 Å². The van der Waals surface area contributed by atoms with Crippen LogP contribution in [-0.2, 0) is 66.6 Å². The molecule has 5 fully saturated rings. The SMILES string of the molecule is CC(=O)N[C@H]1[C@H]([C@H](O)[C@H](O)CO)O[C@@](O[C@H](CO)[C@@H](O)[C@@H]2O[C@@](O[C@@H]3[C@@H](O)[C@H](O[C@H]4[C@H](O)[C@@H](O)[C@H](O)O[C@@H]4CO)O[C@H](CO)[C@@H]3O[C@@H]3O[C@H](CO)[C@H](O)C[C@H]3NC(C)=O)(C(=O)O)C[C@H](O)[C@H]2NC(C)=O)(C(=O)O)C[C@@H]1O. The first-order valence-electron chi connectivity index (χ1n) is 23.7. The average Bonchev–Trinajstić information content (AvgIpc) is 3.35. The highest BCUT2D eigenvalue weighted by Crippen LogP contribution is 2.42. The van der Waals surface area contributed by atoms with E-state index < -0.39 is 234 Å². The number of hydrogen-bond donors (Lipinski definition) is 20. The fraction of sp³-hybridized carbons (Fsp3) is 0.881. The second-order valence-electron chi connectivity index (χ2n) is 18.9. The van der Waals surface area contributed by atoms with Crippen molar-refractivity contribution in [2.75, 3.05) is 33.0 Å². The van der Waals surface area contributed by atoms with Crippen molar-refractivity contribution in [3.05, 3.63) is 0 Å². The molecule has 5 rings (SSSR count). The van der Waals surface area contributed by atoms with Crippen molar-refractivity contribution in [1.29, 1.82) is 0 Å². The highest BCUT2D eigenvalue weighted by molar-refractivity contribution is 5.77. The predicted octanol–water partition coefficient (Wildman–Crippen LogP) is -12.1. The summed E-state index contributed by atoms with van der Waals surface area (Å²) in [6, 6.07) is -5.03. The second-order valence-corrected chi connectivity index (χ2v) is 18.9. The van der Waals surface area contributed by atoms with Gasteiger partial charge in [0.1, 0.15) is 91.6 Å². The van der Waals surface area contributed by atoms with Crippen LogP contribution in [0.25, 0.3) is 0 Å². The van der Waals surface area contributed by atoms with Crippen LogP contribution in [0.5, 0.6) is 0 Å². The van der Waals surface area contributed by atoms with Crippen LogP contribution in [0.4, 0.5) is 0 Å². The Bertz CT molecular complexity index is 1960. The number of amides is 3. The van der Waals surface area contributed by atoms with E-state index >= 15 is 0 Å². The molecule has 76 heavy (non-hydrogen) atoms. The summed E-state index contributed by atoms with van der Waals surface area (Å²) in [6.45, 7) is -2.82. The lowest BCUT2D eigenvalue weighted by atomic mass is 9.87. The minimum atomic E-state index is -3.48. The molecule has 0 aromatic heterocycles. The summed E-state index contributed by atoms with van der Waals surface area (Å²) in [7, 11) is 0. The maximum Gasteiger partial charge on any atom is 0.364 e. The lowest BCUT2D eigenvalue weighted by Crippen LogP contribution is -2.72. The van der Waals surface area contributed by atoms with Crippen molar-refractivity contribution in [3.63, 3.8) is 0 Å². The molecule has 0 unspecified atom stereocenters. The van der Waals surface area contributed by atoms with Crippen LogP contribution in [-0.4, -0.2) is 308 Å².